The van der Waals surface area contributed by atoms with Gasteiger partial charge in [-0.05, 0) is 0 Å². The molecule has 0 aliphatic carbocycles. The zero-order chi connectivity index (χ0) is 11.0. The first kappa shape index (κ1) is 9.35. The Labute approximate surface area is 95.7 Å². The van der Waals surface area contributed by atoms with Crippen LogP contribution >= 0.6 is 11.6 Å². The van der Waals surface area contributed by atoms with Crippen molar-refractivity contribution < 1.29 is 4.42 Å². The fourth-order valence-corrected chi connectivity index (χ4v) is 1.78. The third kappa shape index (κ3) is 1.29. The van der Waals surface area contributed by atoms with Gasteiger partial charge >= 0.3 is 0 Å². The summed E-state index contributed by atoms with van der Waals surface area (Å²) in [6.45, 7) is 0. The van der Waals surface area contributed by atoms with Crippen LogP contribution in [0.5, 0.6) is 0 Å². The van der Waals surface area contributed by atoms with E-state index < -0.39 is 0 Å². The smallest absolute Gasteiger partial charge is 0.181 e. The van der Waals surface area contributed by atoms with Gasteiger partial charge in [-0.15, -0.1) is 11.6 Å². The van der Waals surface area contributed by atoms with Crippen molar-refractivity contribution in [3.05, 3.63) is 36.9 Å². The first-order valence-electron chi connectivity index (χ1n) is 4.66. The van der Waals surface area contributed by atoms with Crippen molar-refractivity contribution in [1.82, 2.24) is 19.6 Å². The second-order valence-corrected chi connectivity index (χ2v) is 3.49. The van der Waals surface area contributed by atoms with Crippen LogP contribution in [0.2, 0.25) is 0 Å². The fourth-order valence-electron chi connectivity index (χ4n) is 1.59. The molecule has 0 atom stereocenters. The Morgan fingerprint density at radius 3 is 3.19 bits per heavy atom. The van der Waals surface area contributed by atoms with Crippen LogP contribution in [0.25, 0.3) is 16.8 Å². The molecule has 0 bridgehead atoms. The molecular formula is C10H7ClN4O. The molecule has 0 amide bonds. The lowest BCUT2D eigenvalue weighted by Crippen LogP contribution is -1.86. The monoisotopic (exact) mass is 234 g/mol. The summed E-state index contributed by atoms with van der Waals surface area (Å²) in [7, 11) is 0. The fraction of sp³-hybridized carbons (Fsp3) is 0.100. The molecular weight excluding hydrogens is 228 g/mol. The molecule has 6 heteroatoms. The third-order valence-electron chi connectivity index (χ3n) is 2.34. The van der Waals surface area contributed by atoms with Crippen molar-refractivity contribution >= 4 is 17.1 Å². The van der Waals surface area contributed by atoms with Gasteiger partial charge in [-0.1, -0.05) is 0 Å². The predicted molar refractivity (Wildman–Crippen MR) is 58.0 cm³/mol. The highest BCUT2D eigenvalue weighted by molar-refractivity contribution is 6.17. The van der Waals surface area contributed by atoms with Gasteiger partial charge in [-0.3, -0.25) is 4.98 Å². The van der Waals surface area contributed by atoms with E-state index in [0.29, 0.717) is 17.3 Å². The highest BCUT2D eigenvalue weighted by Crippen LogP contribution is 2.27. The van der Waals surface area contributed by atoms with Gasteiger partial charge in [-0.2, -0.15) is 5.10 Å². The molecule has 0 radical (unpaired) electrons. The number of oxazole rings is 1. The maximum absolute atomic E-state index is 5.78. The summed E-state index contributed by atoms with van der Waals surface area (Å²) in [5.41, 5.74) is 2.42. The first-order valence-corrected chi connectivity index (χ1v) is 5.19. The van der Waals surface area contributed by atoms with Gasteiger partial charge in [0.2, 0.25) is 0 Å². The number of halogens is 1. The molecule has 0 aliphatic rings. The second-order valence-electron chi connectivity index (χ2n) is 3.23. The van der Waals surface area contributed by atoms with Gasteiger partial charge in [0.05, 0.1) is 29.4 Å². The molecule has 0 unspecified atom stereocenters. The van der Waals surface area contributed by atoms with E-state index in [1.54, 1.807) is 29.3 Å². The summed E-state index contributed by atoms with van der Waals surface area (Å²) < 4.78 is 7.06. The normalized spacial score (nSPS) is 11.1. The summed E-state index contributed by atoms with van der Waals surface area (Å²) in [5, 5.41) is 4.20. The average molecular weight is 235 g/mol. The molecule has 3 aromatic rings. The lowest BCUT2D eigenvalue weighted by Gasteiger charge is -1.95. The molecule has 0 aliphatic heterocycles. The number of aromatic nitrogens is 4. The number of rotatable bonds is 2. The quantitative estimate of drug-likeness (QED) is 0.638. The van der Waals surface area contributed by atoms with Crippen molar-refractivity contribution in [3.8, 4) is 11.3 Å². The lowest BCUT2D eigenvalue weighted by molar-refractivity contribution is 0.572. The van der Waals surface area contributed by atoms with Crippen LogP contribution in [0.4, 0.5) is 0 Å². The van der Waals surface area contributed by atoms with Gasteiger partial charge in [0, 0.05) is 12.4 Å². The Balaban J connectivity index is 2.26. The predicted octanol–water partition coefficient (Wildman–Crippen LogP) is 2.12. The minimum atomic E-state index is 0.309. The SMILES string of the molecule is ClCc1ncoc1-c1cnn2ccncc12. The molecule has 0 N–H and O–H groups in total. The first-order chi connectivity index (χ1) is 7.90. The second kappa shape index (κ2) is 3.61. The van der Waals surface area contributed by atoms with Gasteiger partial charge < -0.3 is 4.42 Å². The molecule has 80 valence electrons. The van der Waals surface area contributed by atoms with Gasteiger partial charge in [0.1, 0.15) is 5.69 Å². The van der Waals surface area contributed by atoms with Crippen molar-refractivity contribution in [2.75, 3.05) is 0 Å². The zero-order valence-electron chi connectivity index (χ0n) is 8.17. The van der Waals surface area contributed by atoms with Crippen LogP contribution in [0.3, 0.4) is 0 Å². The molecule has 0 saturated carbocycles. The minimum Gasteiger partial charge on any atom is -0.443 e. The molecule has 16 heavy (non-hydrogen) atoms. The molecule has 3 heterocycles. The number of fused-ring (bicyclic) bond motifs is 1. The highest BCUT2D eigenvalue weighted by atomic mass is 35.5. The summed E-state index contributed by atoms with van der Waals surface area (Å²) in [6.07, 6.45) is 8.27. The van der Waals surface area contributed by atoms with Crippen LogP contribution in [0, 0.1) is 0 Å². The van der Waals surface area contributed by atoms with Gasteiger partial charge in [-0.25, -0.2) is 9.50 Å². The maximum atomic E-state index is 5.78. The van der Waals surface area contributed by atoms with E-state index in [-0.39, 0.29) is 0 Å². The Morgan fingerprint density at radius 1 is 1.38 bits per heavy atom. The Morgan fingerprint density at radius 2 is 2.31 bits per heavy atom. The Bertz CT molecular complexity index is 630. The maximum Gasteiger partial charge on any atom is 0.181 e. The number of alkyl halides is 1. The van der Waals surface area contributed by atoms with Crippen LogP contribution in [0.1, 0.15) is 5.69 Å². The molecule has 0 spiro atoms. The number of hydrogen-bond acceptors (Lipinski definition) is 4. The van der Waals surface area contributed by atoms with Gasteiger partial charge in [0.25, 0.3) is 0 Å². The van der Waals surface area contributed by atoms with Gasteiger partial charge in [0.15, 0.2) is 12.2 Å². The van der Waals surface area contributed by atoms with E-state index in [0.717, 1.165) is 11.1 Å². The van der Waals surface area contributed by atoms with E-state index in [1.807, 2.05) is 0 Å². The highest BCUT2D eigenvalue weighted by Gasteiger charge is 2.14. The number of hydrogen-bond donors (Lipinski definition) is 0. The Kier molecular flexibility index (Phi) is 2.11. The third-order valence-corrected chi connectivity index (χ3v) is 2.59. The molecule has 0 fully saturated rings. The van der Waals surface area contributed by atoms with Crippen LogP contribution in [0.15, 0.2) is 35.6 Å². The van der Waals surface area contributed by atoms with E-state index in [9.17, 15) is 0 Å². The van der Waals surface area contributed by atoms with Crippen molar-refractivity contribution in [2.45, 2.75) is 5.88 Å². The topological polar surface area (TPSA) is 56.2 Å². The van der Waals surface area contributed by atoms with E-state index in [1.165, 1.54) is 6.39 Å². The molecule has 0 saturated heterocycles. The largest absolute Gasteiger partial charge is 0.443 e. The van der Waals surface area contributed by atoms with Crippen LogP contribution in [-0.4, -0.2) is 19.6 Å². The van der Waals surface area contributed by atoms with Crippen molar-refractivity contribution in [3.63, 3.8) is 0 Å². The van der Waals surface area contributed by atoms with Crippen molar-refractivity contribution in [2.24, 2.45) is 0 Å². The van der Waals surface area contributed by atoms with Crippen LogP contribution < -0.4 is 0 Å². The van der Waals surface area contributed by atoms with Crippen molar-refractivity contribution in [1.29, 1.82) is 0 Å². The molecule has 3 rings (SSSR count). The summed E-state index contributed by atoms with van der Waals surface area (Å²) in [5.74, 6) is 0.960. The number of nitrogens with zero attached hydrogens (tertiary/aromatic N) is 4. The standard InChI is InChI=1S/C10H7ClN4O/c11-3-8-10(16-6-13-8)7-4-14-15-2-1-12-5-9(7)15/h1-2,4-6H,3H2. The van der Waals surface area contributed by atoms with Crippen LogP contribution in [-0.2, 0) is 5.88 Å². The molecule has 0 aromatic carbocycles. The summed E-state index contributed by atoms with van der Waals surface area (Å²) >= 11 is 5.78. The summed E-state index contributed by atoms with van der Waals surface area (Å²) in [4.78, 5) is 8.10. The minimum absolute atomic E-state index is 0.309. The lowest BCUT2D eigenvalue weighted by atomic mass is 10.2. The molecule has 3 aromatic heterocycles. The zero-order valence-corrected chi connectivity index (χ0v) is 8.92. The summed E-state index contributed by atoms with van der Waals surface area (Å²) in [6, 6.07) is 0. The molecule has 5 nitrogen and oxygen atoms in total. The Hall–Kier alpha value is -1.88. The van der Waals surface area contributed by atoms with E-state index in [4.69, 9.17) is 16.0 Å². The van der Waals surface area contributed by atoms with E-state index >= 15 is 0 Å². The average Bonchev–Trinajstić information content (AvgIpc) is 2.94. The van der Waals surface area contributed by atoms with E-state index in [2.05, 4.69) is 15.1 Å².